The fourth-order valence-electron chi connectivity index (χ4n) is 1.37. The largest absolute Gasteiger partial charge is 0.362 e. The molecule has 5 nitrogen and oxygen atoms in total. The van der Waals surface area contributed by atoms with Gasteiger partial charge in [0.15, 0.2) is 0 Å². The van der Waals surface area contributed by atoms with Gasteiger partial charge in [-0.15, -0.1) is 0 Å². The monoisotopic (exact) mass is 199 g/mol. The number of nitrogens with one attached hydrogen (secondary N) is 1. The van der Waals surface area contributed by atoms with Crippen molar-refractivity contribution in [3.05, 3.63) is 11.8 Å². The van der Waals surface area contributed by atoms with Crippen LogP contribution in [0.3, 0.4) is 0 Å². The summed E-state index contributed by atoms with van der Waals surface area (Å²) in [4.78, 5) is 16.7. The van der Waals surface area contributed by atoms with Crippen molar-refractivity contribution in [2.45, 2.75) is 19.8 Å². The fraction of sp³-hybridized carbons (Fsp3) is 0.667. The van der Waals surface area contributed by atoms with E-state index in [-0.39, 0.29) is 6.03 Å². The highest BCUT2D eigenvalue weighted by Gasteiger charge is 2.23. The molecule has 5 heteroatoms. The average molecular weight is 199 g/mol. The molecule has 14 heavy (non-hydrogen) atoms. The third-order valence-electron chi connectivity index (χ3n) is 2.08. The van der Waals surface area contributed by atoms with Crippen molar-refractivity contribution in [2.24, 2.45) is 0 Å². The van der Waals surface area contributed by atoms with Crippen molar-refractivity contribution in [1.82, 2.24) is 15.5 Å². The Hall–Kier alpha value is -1.07. The maximum absolute atomic E-state index is 11.7. The van der Waals surface area contributed by atoms with Crippen LogP contribution >= 0.6 is 0 Å². The molecule has 0 bridgehead atoms. The molecular weight excluding hydrogens is 182 g/mol. The molecule has 0 aromatic rings. The van der Waals surface area contributed by atoms with Gasteiger partial charge in [0.2, 0.25) is 0 Å². The molecule has 2 amide bonds. The molecule has 0 atom stereocenters. The van der Waals surface area contributed by atoms with E-state index in [2.05, 4.69) is 12.3 Å². The molecule has 1 aliphatic rings. The smallest absolute Gasteiger partial charge is 0.268 e. The first-order chi connectivity index (χ1) is 6.70. The minimum absolute atomic E-state index is 0.190. The molecule has 0 aliphatic carbocycles. The standard InChI is InChI=1S/C9H17N3O2/c1-4-5-8-6-7-10-11(2)9(13)12(8)14-3/h6,10H,4-5,7H2,1-3H3. The van der Waals surface area contributed by atoms with Crippen LogP contribution in [0.25, 0.3) is 0 Å². The maximum Gasteiger partial charge on any atom is 0.362 e. The summed E-state index contributed by atoms with van der Waals surface area (Å²) in [5, 5.41) is 2.74. The van der Waals surface area contributed by atoms with Gasteiger partial charge in [-0.3, -0.25) is 9.85 Å². The zero-order valence-corrected chi connectivity index (χ0v) is 8.91. The van der Waals surface area contributed by atoms with Crippen LogP contribution in [0, 0.1) is 0 Å². The van der Waals surface area contributed by atoms with Crippen LogP contribution in [0.15, 0.2) is 11.8 Å². The van der Waals surface area contributed by atoms with Crippen molar-refractivity contribution in [1.29, 1.82) is 0 Å². The average Bonchev–Trinajstić information content (AvgIpc) is 2.29. The third-order valence-corrected chi connectivity index (χ3v) is 2.08. The van der Waals surface area contributed by atoms with E-state index >= 15 is 0 Å². The van der Waals surface area contributed by atoms with Crippen LogP contribution in [-0.4, -0.2) is 36.8 Å². The Bertz CT molecular complexity index is 240. The Labute approximate surface area is 84.2 Å². The first-order valence-electron chi connectivity index (χ1n) is 4.75. The van der Waals surface area contributed by atoms with Gasteiger partial charge in [-0.2, -0.15) is 5.06 Å². The van der Waals surface area contributed by atoms with E-state index in [9.17, 15) is 4.79 Å². The van der Waals surface area contributed by atoms with E-state index in [4.69, 9.17) is 4.84 Å². The van der Waals surface area contributed by atoms with Gasteiger partial charge in [-0.25, -0.2) is 10.2 Å². The minimum Gasteiger partial charge on any atom is -0.268 e. The Kier molecular flexibility index (Phi) is 3.91. The number of allylic oxidation sites excluding steroid dienone is 1. The number of urea groups is 1. The minimum atomic E-state index is -0.190. The van der Waals surface area contributed by atoms with Crippen LogP contribution in [0.5, 0.6) is 0 Å². The summed E-state index contributed by atoms with van der Waals surface area (Å²) in [6, 6.07) is -0.190. The Balaban J connectivity index is 2.80. The van der Waals surface area contributed by atoms with Crippen molar-refractivity contribution >= 4 is 6.03 Å². The lowest BCUT2D eigenvalue weighted by Crippen LogP contribution is -2.44. The van der Waals surface area contributed by atoms with Gasteiger partial charge >= 0.3 is 6.03 Å². The van der Waals surface area contributed by atoms with Gasteiger partial charge in [0.1, 0.15) is 0 Å². The molecule has 0 saturated carbocycles. The van der Waals surface area contributed by atoms with Gasteiger partial charge in [-0.05, 0) is 12.5 Å². The number of hydroxylamine groups is 2. The maximum atomic E-state index is 11.7. The zero-order valence-electron chi connectivity index (χ0n) is 8.91. The number of hydrogen-bond donors (Lipinski definition) is 1. The van der Waals surface area contributed by atoms with Crippen LogP contribution in [-0.2, 0) is 4.84 Å². The van der Waals surface area contributed by atoms with Gasteiger partial charge in [0.25, 0.3) is 0 Å². The number of amides is 2. The zero-order chi connectivity index (χ0) is 10.6. The molecule has 0 radical (unpaired) electrons. The number of nitrogens with zero attached hydrogens (tertiary/aromatic N) is 2. The molecule has 0 unspecified atom stereocenters. The van der Waals surface area contributed by atoms with Crippen molar-refractivity contribution < 1.29 is 9.63 Å². The van der Waals surface area contributed by atoms with Crippen LogP contribution in [0.1, 0.15) is 19.8 Å². The lowest BCUT2D eigenvalue weighted by molar-refractivity contribution is -0.0701. The summed E-state index contributed by atoms with van der Waals surface area (Å²) in [5.74, 6) is 0. The van der Waals surface area contributed by atoms with Crippen LogP contribution in [0.2, 0.25) is 0 Å². The third kappa shape index (κ3) is 2.24. The topological polar surface area (TPSA) is 44.8 Å². The number of rotatable bonds is 3. The summed E-state index contributed by atoms with van der Waals surface area (Å²) in [6.45, 7) is 2.72. The SMILES string of the molecule is CCCC1=CCNN(C)C(=O)N1OC. The number of carbonyl (C=O) groups excluding carboxylic acids is 1. The second kappa shape index (κ2) is 4.97. The molecule has 0 aromatic heterocycles. The molecule has 1 heterocycles. The predicted molar refractivity (Wildman–Crippen MR) is 53.0 cm³/mol. The van der Waals surface area contributed by atoms with Crippen molar-refractivity contribution in [2.75, 3.05) is 20.7 Å². The Morgan fingerprint density at radius 1 is 1.64 bits per heavy atom. The predicted octanol–water partition coefficient (Wildman–Crippen LogP) is 1.10. The lowest BCUT2D eigenvalue weighted by Gasteiger charge is -2.24. The quantitative estimate of drug-likeness (QED) is 0.740. The second-order valence-corrected chi connectivity index (χ2v) is 3.13. The highest BCUT2D eigenvalue weighted by molar-refractivity contribution is 5.74. The van der Waals surface area contributed by atoms with E-state index in [0.29, 0.717) is 6.54 Å². The highest BCUT2D eigenvalue weighted by atomic mass is 16.7. The summed E-state index contributed by atoms with van der Waals surface area (Å²) in [7, 11) is 3.18. The van der Waals surface area contributed by atoms with Crippen LogP contribution in [0.4, 0.5) is 4.79 Å². The van der Waals surface area contributed by atoms with E-state index in [0.717, 1.165) is 18.5 Å². The molecule has 1 aliphatic heterocycles. The Morgan fingerprint density at radius 2 is 2.36 bits per heavy atom. The number of hydrogen-bond acceptors (Lipinski definition) is 3. The molecule has 0 aromatic carbocycles. The van der Waals surface area contributed by atoms with Gasteiger partial charge in [0.05, 0.1) is 7.11 Å². The summed E-state index contributed by atoms with van der Waals surface area (Å²) in [6.07, 6.45) is 3.80. The summed E-state index contributed by atoms with van der Waals surface area (Å²) < 4.78 is 0. The molecular formula is C9H17N3O2. The summed E-state index contributed by atoms with van der Waals surface area (Å²) in [5.41, 5.74) is 3.85. The molecule has 0 spiro atoms. The molecule has 1 rings (SSSR count). The molecule has 0 fully saturated rings. The van der Waals surface area contributed by atoms with Gasteiger partial charge < -0.3 is 0 Å². The lowest BCUT2D eigenvalue weighted by atomic mass is 10.2. The first kappa shape index (κ1) is 11.0. The van der Waals surface area contributed by atoms with Crippen molar-refractivity contribution in [3.8, 4) is 0 Å². The van der Waals surface area contributed by atoms with Gasteiger partial charge in [-0.1, -0.05) is 13.3 Å². The van der Waals surface area contributed by atoms with E-state index in [1.807, 2.05) is 6.08 Å². The normalized spacial score (nSPS) is 18.2. The van der Waals surface area contributed by atoms with E-state index in [1.54, 1.807) is 7.05 Å². The highest BCUT2D eigenvalue weighted by Crippen LogP contribution is 2.14. The van der Waals surface area contributed by atoms with E-state index < -0.39 is 0 Å². The van der Waals surface area contributed by atoms with Crippen LogP contribution < -0.4 is 5.43 Å². The number of carbonyl (C=O) groups is 1. The number of hydrazine groups is 1. The van der Waals surface area contributed by atoms with Crippen molar-refractivity contribution in [3.63, 3.8) is 0 Å². The van der Waals surface area contributed by atoms with E-state index in [1.165, 1.54) is 17.2 Å². The fourth-order valence-corrected chi connectivity index (χ4v) is 1.37. The van der Waals surface area contributed by atoms with Gasteiger partial charge in [0, 0.05) is 19.3 Å². The molecule has 0 saturated heterocycles. The molecule has 1 N–H and O–H groups in total. The molecule has 80 valence electrons. The Morgan fingerprint density at radius 3 is 2.93 bits per heavy atom. The first-order valence-corrected chi connectivity index (χ1v) is 4.75. The summed E-state index contributed by atoms with van der Waals surface area (Å²) >= 11 is 0. The second-order valence-electron chi connectivity index (χ2n) is 3.13.